The van der Waals surface area contributed by atoms with Gasteiger partial charge in [-0.15, -0.1) is 11.3 Å². The molecule has 3 aromatic rings. The van der Waals surface area contributed by atoms with Gasteiger partial charge in [-0.25, -0.2) is 4.68 Å². The maximum atomic E-state index is 12.6. The van der Waals surface area contributed by atoms with E-state index in [0.717, 1.165) is 39.8 Å². The molecule has 0 spiro atoms. The fourth-order valence-corrected chi connectivity index (χ4v) is 4.94. The molecule has 1 aromatic carbocycles. The number of nitrogens with one attached hydrogen (secondary N) is 1. The monoisotopic (exact) mass is 389 g/mol. The molecule has 25 heavy (non-hydrogen) atoms. The number of anilines is 1. The molecule has 7 heteroatoms. The van der Waals surface area contributed by atoms with Crippen molar-refractivity contribution >= 4 is 46.4 Å². The summed E-state index contributed by atoms with van der Waals surface area (Å²) in [6, 6.07) is 9.73. The Morgan fingerprint density at radius 1 is 1.24 bits per heavy atom. The van der Waals surface area contributed by atoms with Gasteiger partial charge in [0.15, 0.2) is 0 Å². The van der Waals surface area contributed by atoms with Crippen LogP contribution in [0.4, 0.5) is 5.82 Å². The van der Waals surface area contributed by atoms with Gasteiger partial charge in [-0.3, -0.25) is 4.79 Å². The first-order chi connectivity index (χ1) is 12.0. The highest BCUT2D eigenvalue weighted by Gasteiger charge is 2.25. The molecule has 3 heterocycles. The lowest BCUT2D eigenvalue weighted by atomic mass is 10.1. The highest BCUT2D eigenvalue weighted by Crippen LogP contribution is 2.37. The second-order valence-corrected chi connectivity index (χ2v) is 8.73. The van der Waals surface area contributed by atoms with Crippen molar-refractivity contribution in [3.05, 3.63) is 61.9 Å². The molecule has 1 N–H and O–H groups in total. The van der Waals surface area contributed by atoms with Gasteiger partial charge in [0.25, 0.3) is 5.91 Å². The lowest BCUT2D eigenvalue weighted by Gasteiger charge is -2.13. The normalized spacial score (nSPS) is 13.1. The van der Waals surface area contributed by atoms with Crippen LogP contribution in [0.1, 0.15) is 32.1 Å². The maximum Gasteiger partial charge on any atom is 0.266 e. The van der Waals surface area contributed by atoms with Gasteiger partial charge < -0.3 is 5.32 Å². The second kappa shape index (κ2) is 6.52. The summed E-state index contributed by atoms with van der Waals surface area (Å²) in [6.07, 6.45) is 0. The Balaban J connectivity index is 1.77. The molecule has 1 aliphatic heterocycles. The van der Waals surface area contributed by atoms with E-state index in [-0.39, 0.29) is 5.91 Å². The molecule has 1 amide bonds. The lowest BCUT2D eigenvalue weighted by molar-refractivity contribution is 0.102. The van der Waals surface area contributed by atoms with Gasteiger partial charge in [0.2, 0.25) is 0 Å². The third kappa shape index (κ3) is 3.10. The number of benzene rings is 1. The molecule has 0 atom stereocenters. The Kier molecular flexibility index (Phi) is 4.35. The Morgan fingerprint density at radius 3 is 2.80 bits per heavy atom. The van der Waals surface area contributed by atoms with Gasteiger partial charge in [0.1, 0.15) is 5.82 Å². The second-order valence-electron chi connectivity index (χ2n) is 6.03. The minimum Gasteiger partial charge on any atom is -0.305 e. The SMILES string of the molecule is Cc1ccc(-n2nc3c(c2NC(=O)c2ccc(Cl)s2)CSC3)c(C)c1. The van der Waals surface area contributed by atoms with E-state index in [1.807, 2.05) is 16.4 Å². The highest BCUT2D eigenvalue weighted by atomic mass is 35.5. The van der Waals surface area contributed by atoms with Gasteiger partial charge in [0, 0.05) is 17.1 Å². The first-order valence-corrected chi connectivity index (χ1v) is 10.2. The smallest absolute Gasteiger partial charge is 0.266 e. The molecule has 1 aliphatic rings. The molecule has 4 rings (SSSR count). The number of carbonyl (C=O) groups excluding carboxylic acids is 1. The van der Waals surface area contributed by atoms with Crippen LogP contribution in [0.2, 0.25) is 4.34 Å². The number of amides is 1. The van der Waals surface area contributed by atoms with E-state index in [1.165, 1.54) is 16.9 Å². The zero-order chi connectivity index (χ0) is 17.6. The third-order valence-electron chi connectivity index (χ3n) is 4.16. The van der Waals surface area contributed by atoms with Crippen LogP contribution in [-0.4, -0.2) is 15.7 Å². The fourth-order valence-electron chi connectivity index (χ4n) is 2.96. The van der Waals surface area contributed by atoms with E-state index in [1.54, 1.807) is 12.1 Å². The molecule has 0 bridgehead atoms. The first kappa shape index (κ1) is 16.7. The number of carbonyl (C=O) groups is 1. The number of halogens is 1. The summed E-state index contributed by atoms with van der Waals surface area (Å²) in [7, 11) is 0. The number of fused-ring (bicyclic) bond motifs is 1. The predicted octanol–water partition coefficient (Wildman–Crippen LogP) is 5.20. The standard InChI is InChI=1S/C18H16ClN3OS2/c1-10-3-4-14(11(2)7-10)22-17(12-8-24-9-13(12)21-22)20-18(23)15-5-6-16(19)25-15/h3-7H,8-9H2,1-2H3,(H,20,23). The average Bonchev–Trinajstić information content (AvgIpc) is 3.25. The number of aromatic nitrogens is 2. The van der Waals surface area contributed by atoms with Gasteiger partial charge in [0.05, 0.1) is 20.6 Å². The number of nitrogens with zero attached hydrogens (tertiary/aromatic N) is 2. The molecule has 0 unspecified atom stereocenters. The largest absolute Gasteiger partial charge is 0.305 e. The Morgan fingerprint density at radius 2 is 2.08 bits per heavy atom. The summed E-state index contributed by atoms with van der Waals surface area (Å²) >= 11 is 9.05. The molecule has 0 aliphatic carbocycles. The summed E-state index contributed by atoms with van der Waals surface area (Å²) in [6.45, 7) is 4.13. The molecular weight excluding hydrogens is 374 g/mol. The zero-order valence-corrected chi connectivity index (χ0v) is 16.2. The van der Waals surface area contributed by atoms with Gasteiger partial charge in [-0.1, -0.05) is 29.3 Å². The van der Waals surface area contributed by atoms with Crippen LogP contribution in [0, 0.1) is 13.8 Å². The number of aryl methyl sites for hydroxylation is 2. The summed E-state index contributed by atoms with van der Waals surface area (Å²) in [5.74, 6) is 2.35. The summed E-state index contributed by atoms with van der Waals surface area (Å²) in [5, 5.41) is 7.82. The van der Waals surface area contributed by atoms with Crippen molar-refractivity contribution in [1.82, 2.24) is 9.78 Å². The molecule has 0 saturated heterocycles. The van der Waals surface area contributed by atoms with Crippen molar-refractivity contribution in [2.24, 2.45) is 0 Å². The predicted molar refractivity (Wildman–Crippen MR) is 105 cm³/mol. The van der Waals surface area contributed by atoms with Gasteiger partial charge in [-0.05, 0) is 37.6 Å². The van der Waals surface area contributed by atoms with E-state index in [4.69, 9.17) is 16.7 Å². The number of rotatable bonds is 3. The molecular formula is C18H16ClN3OS2. The Hall–Kier alpha value is -1.76. The van der Waals surface area contributed by atoms with E-state index in [2.05, 4.69) is 37.4 Å². The third-order valence-corrected chi connectivity index (χ3v) is 6.36. The van der Waals surface area contributed by atoms with Crippen molar-refractivity contribution in [3.8, 4) is 5.69 Å². The first-order valence-electron chi connectivity index (χ1n) is 7.86. The maximum absolute atomic E-state index is 12.6. The van der Waals surface area contributed by atoms with Crippen LogP contribution in [0.25, 0.3) is 5.69 Å². The quantitative estimate of drug-likeness (QED) is 0.669. The van der Waals surface area contributed by atoms with Crippen molar-refractivity contribution in [1.29, 1.82) is 0 Å². The van der Waals surface area contributed by atoms with Crippen LogP contribution in [-0.2, 0) is 11.5 Å². The fraction of sp³-hybridized carbons (Fsp3) is 0.222. The minimum atomic E-state index is -0.150. The van der Waals surface area contributed by atoms with Crippen LogP contribution < -0.4 is 5.32 Å². The van der Waals surface area contributed by atoms with Crippen molar-refractivity contribution < 1.29 is 4.79 Å². The summed E-state index contributed by atoms with van der Waals surface area (Å²) in [5.41, 5.74) is 5.48. The van der Waals surface area contributed by atoms with Crippen molar-refractivity contribution in [2.45, 2.75) is 25.4 Å². The number of thioether (sulfide) groups is 1. The van der Waals surface area contributed by atoms with E-state index in [9.17, 15) is 4.79 Å². The van der Waals surface area contributed by atoms with Crippen molar-refractivity contribution in [3.63, 3.8) is 0 Å². The van der Waals surface area contributed by atoms with Crippen molar-refractivity contribution in [2.75, 3.05) is 5.32 Å². The molecule has 0 fully saturated rings. The van der Waals surface area contributed by atoms with E-state index >= 15 is 0 Å². The molecule has 4 nitrogen and oxygen atoms in total. The summed E-state index contributed by atoms with van der Waals surface area (Å²) < 4.78 is 2.47. The highest BCUT2D eigenvalue weighted by molar-refractivity contribution is 7.98. The molecule has 128 valence electrons. The van der Waals surface area contributed by atoms with Gasteiger partial charge >= 0.3 is 0 Å². The summed E-state index contributed by atoms with van der Waals surface area (Å²) in [4.78, 5) is 13.2. The average molecular weight is 390 g/mol. The van der Waals surface area contributed by atoms with Crippen LogP contribution in [0.15, 0.2) is 30.3 Å². The zero-order valence-electron chi connectivity index (χ0n) is 13.8. The molecule has 0 saturated carbocycles. The lowest BCUT2D eigenvalue weighted by Crippen LogP contribution is -2.15. The number of thiophene rings is 1. The number of hydrogen-bond donors (Lipinski definition) is 1. The van der Waals surface area contributed by atoms with Crippen LogP contribution >= 0.6 is 34.7 Å². The molecule has 2 aromatic heterocycles. The van der Waals surface area contributed by atoms with Crippen LogP contribution in [0.5, 0.6) is 0 Å². The minimum absolute atomic E-state index is 0.150. The van der Waals surface area contributed by atoms with Gasteiger partial charge in [-0.2, -0.15) is 16.9 Å². The topological polar surface area (TPSA) is 46.9 Å². The Labute approximate surface area is 159 Å². The Bertz CT molecular complexity index is 977. The van der Waals surface area contributed by atoms with E-state index < -0.39 is 0 Å². The number of hydrogen-bond acceptors (Lipinski definition) is 4. The molecule has 0 radical (unpaired) electrons. The van der Waals surface area contributed by atoms with E-state index in [0.29, 0.717) is 9.21 Å². The van der Waals surface area contributed by atoms with Crippen LogP contribution in [0.3, 0.4) is 0 Å².